The van der Waals surface area contributed by atoms with Gasteiger partial charge in [0.15, 0.2) is 6.79 Å². The minimum Gasteiger partial charge on any atom is -0.468 e. The molecule has 0 aliphatic carbocycles. The zero-order valence-corrected chi connectivity index (χ0v) is 9.43. The van der Waals surface area contributed by atoms with Gasteiger partial charge in [0.2, 0.25) is 0 Å². The minimum atomic E-state index is 0.210. The van der Waals surface area contributed by atoms with Crippen LogP contribution in [0.25, 0.3) is 11.1 Å². The monoisotopic (exact) mass is 228 g/mol. The lowest BCUT2D eigenvalue weighted by Gasteiger charge is -2.06. The van der Waals surface area contributed by atoms with Crippen molar-refractivity contribution in [1.82, 2.24) is 4.98 Å². The second-order valence-corrected chi connectivity index (χ2v) is 3.47. The lowest BCUT2D eigenvalue weighted by Crippen LogP contribution is -1.98. The summed E-state index contributed by atoms with van der Waals surface area (Å²) in [4.78, 5) is 2.92. The molecule has 0 saturated carbocycles. The Morgan fingerprint density at radius 3 is 3.00 bits per heavy atom. The van der Waals surface area contributed by atoms with Gasteiger partial charge in [-0.05, 0) is 17.7 Å². The molecule has 4 nitrogen and oxygen atoms in total. The molecular formula is C13H12N2O2. The van der Waals surface area contributed by atoms with E-state index in [2.05, 4.69) is 11.1 Å². The predicted molar refractivity (Wildman–Crippen MR) is 63.4 cm³/mol. The zero-order valence-electron chi connectivity index (χ0n) is 9.43. The summed E-state index contributed by atoms with van der Waals surface area (Å²) in [5.41, 5.74) is 2.43. The smallest absolute Gasteiger partial charge is 0.188 e. The SMILES string of the molecule is COCOc1cccc(-c2c[nH]cc2C#N)c1. The molecule has 1 N–H and O–H groups in total. The van der Waals surface area contributed by atoms with Crippen LogP contribution in [0.4, 0.5) is 0 Å². The molecule has 0 radical (unpaired) electrons. The molecule has 0 aliphatic rings. The molecule has 0 spiro atoms. The highest BCUT2D eigenvalue weighted by Crippen LogP contribution is 2.26. The fourth-order valence-corrected chi connectivity index (χ4v) is 1.58. The molecule has 17 heavy (non-hydrogen) atoms. The second kappa shape index (κ2) is 5.19. The van der Waals surface area contributed by atoms with Crippen molar-refractivity contribution in [3.8, 4) is 22.9 Å². The molecular weight excluding hydrogens is 216 g/mol. The van der Waals surface area contributed by atoms with Crippen LogP contribution in [-0.4, -0.2) is 18.9 Å². The molecule has 2 rings (SSSR count). The average molecular weight is 228 g/mol. The summed E-state index contributed by atoms with van der Waals surface area (Å²) in [5, 5.41) is 8.96. The molecule has 1 heterocycles. The topological polar surface area (TPSA) is 58.0 Å². The number of benzene rings is 1. The zero-order chi connectivity index (χ0) is 12.1. The van der Waals surface area contributed by atoms with Gasteiger partial charge in [0.05, 0.1) is 5.56 Å². The van der Waals surface area contributed by atoms with E-state index in [1.165, 1.54) is 0 Å². The number of ether oxygens (including phenoxy) is 2. The van der Waals surface area contributed by atoms with Crippen LogP contribution in [0, 0.1) is 11.3 Å². The largest absolute Gasteiger partial charge is 0.468 e. The summed E-state index contributed by atoms with van der Waals surface area (Å²) in [5.74, 6) is 0.717. The highest BCUT2D eigenvalue weighted by molar-refractivity contribution is 5.70. The number of aromatic amines is 1. The van der Waals surface area contributed by atoms with Crippen LogP contribution in [-0.2, 0) is 4.74 Å². The number of nitriles is 1. The quantitative estimate of drug-likeness (QED) is 0.818. The Morgan fingerprint density at radius 2 is 2.24 bits per heavy atom. The van der Waals surface area contributed by atoms with Gasteiger partial charge in [-0.3, -0.25) is 0 Å². The Labute approximate surface area is 99.4 Å². The van der Waals surface area contributed by atoms with E-state index in [4.69, 9.17) is 14.7 Å². The Kier molecular flexibility index (Phi) is 3.43. The number of hydrogen-bond donors (Lipinski definition) is 1. The molecule has 0 bridgehead atoms. The number of rotatable bonds is 4. The number of H-pyrrole nitrogens is 1. The fourth-order valence-electron chi connectivity index (χ4n) is 1.58. The van der Waals surface area contributed by atoms with Crippen LogP contribution in [0.15, 0.2) is 36.7 Å². The van der Waals surface area contributed by atoms with Crippen molar-refractivity contribution < 1.29 is 9.47 Å². The highest BCUT2D eigenvalue weighted by atomic mass is 16.7. The van der Waals surface area contributed by atoms with E-state index in [0.717, 1.165) is 16.9 Å². The third kappa shape index (κ3) is 2.47. The van der Waals surface area contributed by atoms with E-state index in [-0.39, 0.29) is 6.79 Å². The van der Waals surface area contributed by atoms with Gasteiger partial charge < -0.3 is 14.5 Å². The molecule has 0 amide bonds. The maximum atomic E-state index is 8.96. The number of nitrogens with zero attached hydrogens (tertiary/aromatic N) is 1. The lowest BCUT2D eigenvalue weighted by atomic mass is 10.1. The van der Waals surface area contributed by atoms with E-state index < -0.39 is 0 Å². The molecule has 0 saturated heterocycles. The normalized spacial score (nSPS) is 9.88. The maximum Gasteiger partial charge on any atom is 0.188 e. The van der Waals surface area contributed by atoms with E-state index in [9.17, 15) is 0 Å². The van der Waals surface area contributed by atoms with Crippen LogP contribution in [0.5, 0.6) is 5.75 Å². The molecule has 0 unspecified atom stereocenters. The Morgan fingerprint density at radius 1 is 1.35 bits per heavy atom. The van der Waals surface area contributed by atoms with E-state index in [1.54, 1.807) is 19.5 Å². The third-order valence-electron chi connectivity index (χ3n) is 2.35. The molecule has 0 aliphatic heterocycles. The highest BCUT2D eigenvalue weighted by Gasteiger charge is 2.06. The van der Waals surface area contributed by atoms with Crippen molar-refractivity contribution in [3.05, 3.63) is 42.2 Å². The van der Waals surface area contributed by atoms with Gasteiger partial charge in [-0.1, -0.05) is 12.1 Å². The van der Waals surface area contributed by atoms with Gasteiger partial charge in [0, 0.05) is 25.1 Å². The molecule has 1 aromatic heterocycles. The predicted octanol–water partition coefficient (Wildman–Crippen LogP) is 2.54. The molecule has 0 atom stereocenters. The van der Waals surface area contributed by atoms with E-state index in [0.29, 0.717) is 5.56 Å². The van der Waals surface area contributed by atoms with Gasteiger partial charge in [0.1, 0.15) is 11.8 Å². The first-order chi connectivity index (χ1) is 8.35. The van der Waals surface area contributed by atoms with Gasteiger partial charge >= 0.3 is 0 Å². The van der Waals surface area contributed by atoms with Crippen molar-refractivity contribution in [1.29, 1.82) is 5.26 Å². The van der Waals surface area contributed by atoms with Crippen LogP contribution in [0.3, 0.4) is 0 Å². The van der Waals surface area contributed by atoms with Crippen molar-refractivity contribution in [2.45, 2.75) is 0 Å². The van der Waals surface area contributed by atoms with Gasteiger partial charge in [-0.25, -0.2) is 0 Å². The minimum absolute atomic E-state index is 0.210. The second-order valence-electron chi connectivity index (χ2n) is 3.47. The Balaban J connectivity index is 2.30. The molecule has 2 aromatic rings. The summed E-state index contributed by atoms with van der Waals surface area (Å²) < 4.78 is 10.2. The standard InChI is InChI=1S/C13H12N2O2/c1-16-9-17-12-4-2-3-10(5-12)13-8-15-7-11(13)6-14/h2-5,7-8,15H,9H2,1H3. The lowest BCUT2D eigenvalue weighted by molar-refractivity contribution is 0.0511. The Bertz CT molecular complexity index is 540. The molecule has 0 fully saturated rings. The average Bonchev–Trinajstić information content (AvgIpc) is 2.85. The number of nitrogens with one attached hydrogen (secondary N) is 1. The van der Waals surface area contributed by atoms with Crippen LogP contribution >= 0.6 is 0 Å². The summed E-state index contributed by atoms with van der Waals surface area (Å²) in [6.07, 6.45) is 3.48. The van der Waals surface area contributed by atoms with Crippen LogP contribution < -0.4 is 4.74 Å². The summed E-state index contributed by atoms with van der Waals surface area (Å²) >= 11 is 0. The molecule has 86 valence electrons. The van der Waals surface area contributed by atoms with Crippen molar-refractivity contribution in [2.24, 2.45) is 0 Å². The van der Waals surface area contributed by atoms with Crippen molar-refractivity contribution >= 4 is 0 Å². The van der Waals surface area contributed by atoms with E-state index in [1.807, 2.05) is 24.3 Å². The number of aromatic nitrogens is 1. The van der Waals surface area contributed by atoms with Gasteiger partial charge in [0.25, 0.3) is 0 Å². The number of hydrogen-bond acceptors (Lipinski definition) is 3. The fraction of sp³-hybridized carbons (Fsp3) is 0.154. The Hall–Kier alpha value is -2.25. The third-order valence-corrected chi connectivity index (χ3v) is 2.35. The molecule has 4 heteroatoms. The first kappa shape index (κ1) is 11.2. The van der Waals surface area contributed by atoms with Crippen LogP contribution in [0.1, 0.15) is 5.56 Å². The van der Waals surface area contributed by atoms with Gasteiger partial charge in [-0.15, -0.1) is 0 Å². The number of methoxy groups -OCH3 is 1. The molecule has 1 aromatic carbocycles. The van der Waals surface area contributed by atoms with Crippen molar-refractivity contribution in [3.63, 3.8) is 0 Å². The first-order valence-electron chi connectivity index (χ1n) is 5.14. The van der Waals surface area contributed by atoms with Crippen molar-refractivity contribution in [2.75, 3.05) is 13.9 Å². The first-order valence-corrected chi connectivity index (χ1v) is 5.14. The van der Waals surface area contributed by atoms with E-state index >= 15 is 0 Å². The summed E-state index contributed by atoms with van der Waals surface area (Å²) in [7, 11) is 1.57. The van der Waals surface area contributed by atoms with Gasteiger partial charge in [-0.2, -0.15) is 5.26 Å². The summed E-state index contributed by atoms with van der Waals surface area (Å²) in [6, 6.07) is 9.68. The summed E-state index contributed by atoms with van der Waals surface area (Å²) in [6.45, 7) is 0.210. The van der Waals surface area contributed by atoms with Crippen LogP contribution in [0.2, 0.25) is 0 Å². The maximum absolute atomic E-state index is 8.96.